The molecule has 0 saturated heterocycles. The van der Waals surface area contributed by atoms with Crippen molar-refractivity contribution in [3.8, 4) is 0 Å². The van der Waals surface area contributed by atoms with Gasteiger partial charge in [0.2, 0.25) is 5.78 Å². The highest BCUT2D eigenvalue weighted by molar-refractivity contribution is 5.92. The molecule has 0 unspecified atom stereocenters. The van der Waals surface area contributed by atoms with Crippen LogP contribution in [-0.4, -0.2) is 28.5 Å². The Morgan fingerprint density at radius 3 is 2.88 bits per heavy atom. The first-order chi connectivity index (χ1) is 7.79. The van der Waals surface area contributed by atoms with Crippen LogP contribution in [0.2, 0.25) is 0 Å². The number of imidazole rings is 1. The molecule has 0 fully saturated rings. The molecule has 4 heteroatoms. The molecule has 0 aliphatic carbocycles. The molecule has 0 aromatic carbocycles. The second-order valence-corrected chi connectivity index (χ2v) is 3.73. The zero-order valence-corrected chi connectivity index (χ0v) is 10.1. The smallest absolute Gasteiger partial charge is 0.200 e. The van der Waals surface area contributed by atoms with E-state index in [-0.39, 0.29) is 5.78 Å². The van der Waals surface area contributed by atoms with Crippen molar-refractivity contribution in [2.45, 2.75) is 39.7 Å². The van der Waals surface area contributed by atoms with Crippen molar-refractivity contribution in [2.24, 2.45) is 0 Å². The molecule has 0 bridgehead atoms. The molecule has 0 radical (unpaired) electrons. The summed E-state index contributed by atoms with van der Waals surface area (Å²) in [6.45, 7) is 6.19. The summed E-state index contributed by atoms with van der Waals surface area (Å²) in [4.78, 5) is 15.9. The Morgan fingerprint density at radius 1 is 1.38 bits per heavy atom. The zero-order valence-electron chi connectivity index (χ0n) is 10.1. The van der Waals surface area contributed by atoms with E-state index in [1.807, 2.05) is 10.8 Å². The fourth-order valence-corrected chi connectivity index (χ4v) is 1.51. The van der Waals surface area contributed by atoms with Gasteiger partial charge in [0.05, 0.1) is 6.61 Å². The fraction of sp³-hybridized carbons (Fsp3) is 0.667. The van der Waals surface area contributed by atoms with Crippen LogP contribution in [0.1, 0.15) is 43.7 Å². The predicted molar refractivity (Wildman–Crippen MR) is 62.6 cm³/mol. The summed E-state index contributed by atoms with van der Waals surface area (Å²) in [7, 11) is 0. The Bertz CT molecular complexity index is 321. The lowest BCUT2D eigenvalue weighted by Gasteiger charge is -2.05. The third-order valence-corrected chi connectivity index (χ3v) is 2.25. The second kappa shape index (κ2) is 7.17. The molecule has 0 aliphatic rings. The Kier molecular flexibility index (Phi) is 5.78. The molecule has 1 aromatic heterocycles. The normalized spacial score (nSPS) is 10.6. The molecule has 1 aromatic rings. The van der Waals surface area contributed by atoms with Crippen LogP contribution in [0, 0.1) is 0 Å². The van der Waals surface area contributed by atoms with Crippen LogP contribution < -0.4 is 0 Å². The maximum atomic E-state index is 11.8. The van der Waals surface area contributed by atoms with Crippen molar-refractivity contribution >= 4 is 5.78 Å². The van der Waals surface area contributed by atoms with Gasteiger partial charge in [0.1, 0.15) is 0 Å². The third kappa shape index (κ3) is 3.77. The van der Waals surface area contributed by atoms with Gasteiger partial charge in [0.15, 0.2) is 5.82 Å². The van der Waals surface area contributed by atoms with E-state index in [4.69, 9.17) is 4.74 Å². The van der Waals surface area contributed by atoms with Gasteiger partial charge in [-0.25, -0.2) is 4.98 Å². The van der Waals surface area contributed by atoms with Crippen LogP contribution >= 0.6 is 0 Å². The van der Waals surface area contributed by atoms with Gasteiger partial charge in [-0.15, -0.1) is 0 Å². The first-order valence-corrected chi connectivity index (χ1v) is 5.91. The average Bonchev–Trinajstić information content (AvgIpc) is 2.73. The number of carbonyl (C=O) groups is 1. The number of hydrogen-bond donors (Lipinski definition) is 0. The first-order valence-electron chi connectivity index (χ1n) is 5.91. The molecular weight excluding hydrogens is 204 g/mol. The van der Waals surface area contributed by atoms with E-state index in [1.165, 1.54) is 0 Å². The number of aryl methyl sites for hydroxylation is 1. The minimum atomic E-state index is 0.0644. The second-order valence-electron chi connectivity index (χ2n) is 3.73. The van der Waals surface area contributed by atoms with E-state index in [2.05, 4.69) is 18.8 Å². The summed E-state index contributed by atoms with van der Waals surface area (Å²) >= 11 is 0. The van der Waals surface area contributed by atoms with Crippen LogP contribution in [0.3, 0.4) is 0 Å². The van der Waals surface area contributed by atoms with Crippen LogP contribution in [0.15, 0.2) is 12.4 Å². The van der Waals surface area contributed by atoms with E-state index in [0.717, 1.165) is 26.0 Å². The molecule has 0 amide bonds. The summed E-state index contributed by atoms with van der Waals surface area (Å²) in [6.07, 6.45) is 5.93. The molecule has 16 heavy (non-hydrogen) atoms. The average molecular weight is 224 g/mol. The van der Waals surface area contributed by atoms with Crippen LogP contribution in [0.25, 0.3) is 0 Å². The number of Topliss-reactive ketones (excluding diaryl/α,β-unsaturated/α-hetero) is 1. The van der Waals surface area contributed by atoms with Gasteiger partial charge in [-0.05, 0) is 12.8 Å². The summed E-state index contributed by atoms with van der Waals surface area (Å²) in [5.41, 5.74) is 0. The maximum Gasteiger partial charge on any atom is 0.200 e. The van der Waals surface area contributed by atoms with Gasteiger partial charge in [-0.2, -0.15) is 0 Å². The zero-order chi connectivity index (χ0) is 11.8. The van der Waals surface area contributed by atoms with E-state index >= 15 is 0 Å². The summed E-state index contributed by atoms with van der Waals surface area (Å²) < 4.78 is 7.20. The minimum Gasteiger partial charge on any atom is -0.381 e. The van der Waals surface area contributed by atoms with Crippen molar-refractivity contribution in [2.75, 3.05) is 13.2 Å². The highest BCUT2D eigenvalue weighted by Gasteiger charge is 2.11. The van der Waals surface area contributed by atoms with E-state index in [0.29, 0.717) is 18.9 Å². The van der Waals surface area contributed by atoms with Crippen molar-refractivity contribution in [3.63, 3.8) is 0 Å². The Hall–Kier alpha value is -1.16. The molecule has 0 N–H and O–H groups in total. The number of ketones is 1. The molecule has 4 nitrogen and oxygen atoms in total. The highest BCUT2D eigenvalue weighted by Crippen LogP contribution is 2.03. The van der Waals surface area contributed by atoms with E-state index < -0.39 is 0 Å². The van der Waals surface area contributed by atoms with Gasteiger partial charge >= 0.3 is 0 Å². The minimum absolute atomic E-state index is 0.0644. The number of rotatable bonds is 8. The van der Waals surface area contributed by atoms with Crippen LogP contribution in [0.4, 0.5) is 0 Å². The standard InChI is InChI=1S/C12H20N2O2/c1-3-7-14-8-6-13-12(14)11(15)5-10-16-9-4-2/h6,8H,3-5,7,9-10H2,1-2H3. The maximum absolute atomic E-state index is 11.8. The van der Waals surface area contributed by atoms with E-state index in [9.17, 15) is 4.79 Å². The largest absolute Gasteiger partial charge is 0.381 e. The monoisotopic (exact) mass is 224 g/mol. The van der Waals surface area contributed by atoms with Crippen molar-refractivity contribution in [1.82, 2.24) is 9.55 Å². The van der Waals surface area contributed by atoms with Gasteiger partial charge < -0.3 is 9.30 Å². The molecule has 0 spiro atoms. The summed E-state index contributed by atoms with van der Waals surface area (Å²) in [6, 6.07) is 0. The first kappa shape index (κ1) is 12.9. The molecule has 1 rings (SSSR count). The number of nitrogens with zero attached hydrogens (tertiary/aromatic N) is 2. The van der Waals surface area contributed by atoms with Gasteiger partial charge in [0, 0.05) is 32.0 Å². The summed E-state index contributed by atoms with van der Waals surface area (Å²) in [5, 5.41) is 0. The Labute approximate surface area is 96.6 Å². The van der Waals surface area contributed by atoms with Gasteiger partial charge in [0.25, 0.3) is 0 Å². The van der Waals surface area contributed by atoms with Crippen molar-refractivity contribution in [1.29, 1.82) is 0 Å². The molecular formula is C12H20N2O2. The number of ether oxygens (including phenoxy) is 1. The SMILES string of the molecule is CCCOCCC(=O)c1nccn1CCC. The lowest BCUT2D eigenvalue weighted by molar-refractivity contribution is 0.0865. The van der Waals surface area contributed by atoms with Crippen molar-refractivity contribution in [3.05, 3.63) is 18.2 Å². The van der Waals surface area contributed by atoms with Crippen molar-refractivity contribution < 1.29 is 9.53 Å². The van der Waals surface area contributed by atoms with Gasteiger partial charge in [-0.3, -0.25) is 4.79 Å². The Balaban J connectivity index is 2.42. The number of hydrogen-bond acceptors (Lipinski definition) is 3. The lowest BCUT2D eigenvalue weighted by Crippen LogP contribution is -2.12. The number of aromatic nitrogens is 2. The molecule has 0 aliphatic heterocycles. The highest BCUT2D eigenvalue weighted by atomic mass is 16.5. The molecule has 0 saturated carbocycles. The molecule has 90 valence electrons. The van der Waals surface area contributed by atoms with Crippen LogP contribution in [0.5, 0.6) is 0 Å². The topological polar surface area (TPSA) is 44.1 Å². The predicted octanol–water partition coefficient (Wildman–Crippen LogP) is 2.29. The Morgan fingerprint density at radius 2 is 2.19 bits per heavy atom. The molecule has 1 heterocycles. The van der Waals surface area contributed by atoms with Gasteiger partial charge in [-0.1, -0.05) is 13.8 Å². The van der Waals surface area contributed by atoms with E-state index in [1.54, 1.807) is 6.20 Å². The molecule has 0 atom stereocenters. The van der Waals surface area contributed by atoms with Crippen LogP contribution in [-0.2, 0) is 11.3 Å². The summed E-state index contributed by atoms with van der Waals surface area (Å²) in [5.74, 6) is 0.622. The quantitative estimate of drug-likeness (QED) is 0.502. The fourth-order valence-electron chi connectivity index (χ4n) is 1.51. The lowest BCUT2D eigenvalue weighted by atomic mass is 10.3. The third-order valence-electron chi connectivity index (χ3n) is 2.25. The number of carbonyl (C=O) groups excluding carboxylic acids is 1.